The summed E-state index contributed by atoms with van der Waals surface area (Å²) in [5.41, 5.74) is 5.31. The topological polar surface area (TPSA) is 131 Å². The van der Waals surface area contributed by atoms with Gasteiger partial charge in [0, 0.05) is 6.54 Å². The van der Waals surface area contributed by atoms with Crippen LogP contribution in [0.2, 0.25) is 0 Å². The van der Waals surface area contributed by atoms with Crippen molar-refractivity contribution in [2.75, 3.05) is 12.3 Å². The number of nitrogen functional groups attached to an aromatic ring is 1. The number of carbonyl (C=O) groups is 2. The maximum Gasteiger partial charge on any atom is 0.306 e. The minimum atomic E-state index is -0.811. The highest BCUT2D eigenvalue weighted by atomic mass is 16.6. The fourth-order valence-electron chi connectivity index (χ4n) is 2.27. The second-order valence-corrected chi connectivity index (χ2v) is 4.34. The molecule has 1 aromatic rings. The summed E-state index contributed by atoms with van der Waals surface area (Å²) in [7, 11) is 0. The van der Waals surface area contributed by atoms with Gasteiger partial charge in [-0.05, 0) is 29.1 Å². The molecule has 2 unspecified atom stereocenters. The van der Waals surface area contributed by atoms with Crippen LogP contribution in [0.3, 0.4) is 0 Å². The van der Waals surface area contributed by atoms with Crippen LogP contribution in [0, 0.1) is 11.8 Å². The number of nitrogens with zero attached hydrogens (tertiary/aromatic N) is 2. The Morgan fingerprint density at radius 3 is 2.83 bits per heavy atom. The van der Waals surface area contributed by atoms with Crippen molar-refractivity contribution in [3.8, 4) is 0 Å². The largest absolute Gasteiger partial charge is 0.481 e. The molecule has 1 fully saturated rings. The first kappa shape index (κ1) is 12.3. The SMILES string of the molecule is Nc1nonc1C(=O)NCC1CCCC1C(=O)O. The molecule has 1 amide bonds. The third-order valence-corrected chi connectivity index (χ3v) is 3.23. The summed E-state index contributed by atoms with van der Waals surface area (Å²) in [4.78, 5) is 22.6. The zero-order chi connectivity index (χ0) is 13.1. The van der Waals surface area contributed by atoms with Crippen LogP contribution in [-0.2, 0) is 4.79 Å². The quantitative estimate of drug-likeness (QED) is 0.682. The van der Waals surface area contributed by atoms with Crippen LogP contribution < -0.4 is 11.1 Å². The predicted molar refractivity (Wildman–Crippen MR) is 59.5 cm³/mol. The number of amides is 1. The van der Waals surface area contributed by atoms with Gasteiger partial charge in [-0.3, -0.25) is 9.59 Å². The molecule has 1 saturated carbocycles. The molecule has 18 heavy (non-hydrogen) atoms. The minimum absolute atomic E-state index is 0.0486. The number of anilines is 1. The smallest absolute Gasteiger partial charge is 0.306 e. The standard InChI is InChI=1S/C10H14N4O4/c11-8-7(13-18-14-8)9(15)12-4-5-2-1-3-6(5)10(16)17/h5-6H,1-4H2,(H2,11,14)(H,12,15)(H,16,17). The van der Waals surface area contributed by atoms with E-state index in [1.165, 1.54) is 0 Å². The van der Waals surface area contributed by atoms with Gasteiger partial charge in [0.1, 0.15) is 0 Å². The average molecular weight is 254 g/mol. The van der Waals surface area contributed by atoms with Crippen molar-refractivity contribution in [3.63, 3.8) is 0 Å². The van der Waals surface area contributed by atoms with Gasteiger partial charge in [0.15, 0.2) is 0 Å². The van der Waals surface area contributed by atoms with E-state index in [4.69, 9.17) is 10.8 Å². The molecule has 0 saturated heterocycles. The van der Waals surface area contributed by atoms with Gasteiger partial charge in [-0.2, -0.15) is 0 Å². The molecule has 8 nitrogen and oxygen atoms in total. The van der Waals surface area contributed by atoms with E-state index in [1.807, 2.05) is 0 Å². The summed E-state index contributed by atoms with van der Waals surface area (Å²) in [5, 5.41) is 18.3. The Morgan fingerprint density at radius 2 is 2.22 bits per heavy atom. The second kappa shape index (κ2) is 5.03. The highest BCUT2D eigenvalue weighted by Gasteiger charge is 2.33. The van der Waals surface area contributed by atoms with Crippen molar-refractivity contribution in [2.24, 2.45) is 11.8 Å². The van der Waals surface area contributed by atoms with Crippen molar-refractivity contribution in [2.45, 2.75) is 19.3 Å². The first-order valence-electron chi connectivity index (χ1n) is 5.68. The number of aliphatic carboxylic acids is 1. The van der Waals surface area contributed by atoms with Gasteiger partial charge in [0.2, 0.25) is 11.5 Å². The summed E-state index contributed by atoms with van der Waals surface area (Å²) in [6.45, 7) is 0.294. The first-order valence-corrected chi connectivity index (χ1v) is 5.68. The molecular formula is C10H14N4O4. The van der Waals surface area contributed by atoms with E-state index in [9.17, 15) is 9.59 Å². The lowest BCUT2D eigenvalue weighted by Crippen LogP contribution is -2.33. The van der Waals surface area contributed by atoms with Crippen molar-refractivity contribution < 1.29 is 19.3 Å². The van der Waals surface area contributed by atoms with Crippen LogP contribution in [0.15, 0.2) is 4.63 Å². The molecule has 0 radical (unpaired) electrons. The van der Waals surface area contributed by atoms with Crippen molar-refractivity contribution in [3.05, 3.63) is 5.69 Å². The van der Waals surface area contributed by atoms with Crippen LogP contribution in [0.25, 0.3) is 0 Å². The van der Waals surface area contributed by atoms with E-state index >= 15 is 0 Å². The Labute approximate surface area is 102 Å². The van der Waals surface area contributed by atoms with Gasteiger partial charge in [-0.1, -0.05) is 6.42 Å². The van der Waals surface area contributed by atoms with Gasteiger partial charge in [-0.25, -0.2) is 4.63 Å². The van der Waals surface area contributed by atoms with Crippen LogP contribution >= 0.6 is 0 Å². The molecule has 0 aromatic carbocycles. The van der Waals surface area contributed by atoms with E-state index < -0.39 is 17.8 Å². The van der Waals surface area contributed by atoms with Gasteiger partial charge in [-0.15, -0.1) is 0 Å². The molecule has 98 valence electrons. The number of carboxylic acids is 1. The fraction of sp³-hybridized carbons (Fsp3) is 0.600. The molecule has 2 rings (SSSR count). The van der Waals surface area contributed by atoms with Crippen LogP contribution in [0.1, 0.15) is 29.8 Å². The summed E-state index contributed by atoms with van der Waals surface area (Å²) in [6, 6.07) is 0. The molecule has 0 spiro atoms. The Bertz CT molecular complexity index is 458. The highest BCUT2D eigenvalue weighted by Crippen LogP contribution is 2.31. The number of carboxylic acid groups (broad SMARTS) is 1. The molecule has 1 aromatic heterocycles. The molecule has 1 heterocycles. The first-order chi connectivity index (χ1) is 8.59. The Morgan fingerprint density at radius 1 is 1.44 bits per heavy atom. The number of carbonyl (C=O) groups excluding carboxylic acids is 1. The molecule has 0 bridgehead atoms. The van der Waals surface area contributed by atoms with E-state index in [-0.39, 0.29) is 17.4 Å². The monoisotopic (exact) mass is 254 g/mol. The Kier molecular flexibility index (Phi) is 3.45. The third-order valence-electron chi connectivity index (χ3n) is 3.23. The van der Waals surface area contributed by atoms with Crippen LogP contribution in [-0.4, -0.2) is 33.8 Å². The Balaban J connectivity index is 1.90. The lowest BCUT2D eigenvalue weighted by molar-refractivity contribution is -0.142. The zero-order valence-electron chi connectivity index (χ0n) is 9.63. The van der Waals surface area contributed by atoms with Gasteiger partial charge in [0.25, 0.3) is 5.91 Å². The van der Waals surface area contributed by atoms with Crippen molar-refractivity contribution in [1.29, 1.82) is 0 Å². The zero-order valence-corrected chi connectivity index (χ0v) is 9.63. The molecule has 2 atom stereocenters. The molecule has 1 aliphatic carbocycles. The summed E-state index contributed by atoms with van der Waals surface area (Å²) < 4.78 is 4.32. The van der Waals surface area contributed by atoms with Crippen molar-refractivity contribution in [1.82, 2.24) is 15.6 Å². The van der Waals surface area contributed by atoms with Crippen LogP contribution in [0.4, 0.5) is 5.82 Å². The minimum Gasteiger partial charge on any atom is -0.481 e. The maximum atomic E-state index is 11.7. The third kappa shape index (κ3) is 2.41. The highest BCUT2D eigenvalue weighted by molar-refractivity contribution is 5.95. The molecule has 4 N–H and O–H groups in total. The van der Waals surface area contributed by atoms with Gasteiger partial charge < -0.3 is 16.2 Å². The number of rotatable bonds is 4. The average Bonchev–Trinajstić information content (AvgIpc) is 2.94. The number of aromatic nitrogens is 2. The Hall–Kier alpha value is -2.12. The molecule has 1 aliphatic rings. The molecular weight excluding hydrogens is 240 g/mol. The van der Waals surface area contributed by atoms with E-state index in [1.54, 1.807) is 0 Å². The molecule has 0 aliphatic heterocycles. The normalized spacial score (nSPS) is 22.9. The van der Waals surface area contributed by atoms with Gasteiger partial charge >= 0.3 is 5.97 Å². The maximum absolute atomic E-state index is 11.7. The number of hydrogen-bond acceptors (Lipinski definition) is 6. The predicted octanol–water partition coefficient (Wildman–Crippen LogP) is -0.118. The van der Waals surface area contributed by atoms with Crippen molar-refractivity contribution >= 4 is 17.7 Å². The number of nitrogens with two attached hydrogens (primary N) is 1. The summed E-state index contributed by atoms with van der Waals surface area (Å²) in [5.74, 6) is -1.82. The summed E-state index contributed by atoms with van der Waals surface area (Å²) >= 11 is 0. The van der Waals surface area contributed by atoms with E-state index in [2.05, 4.69) is 20.3 Å². The van der Waals surface area contributed by atoms with E-state index in [0.717, 1.165) is 12.8 Å². The molecule has 8 heteroatoms. The number of nitrogens with one attached hydrogen (secondary N) is 1. The van der Waals surface area contributed by atoms with E-state index in [0.29, 0.717) is 13.0 Å². The van der Waals surface area contributed by atoms with Crippen LogP contribution in [0.5, 0.6) is 0 Å². The lowest BCUT2D eigenvalue weighted by atomic mass is 9.96. The summed E-state index contributed by atoms with van der Waals surface area (Å²) in [6.07, 6.45) is 2.32. The second-order valence-electron chi connectivity index (χ2n) is 4.34. The lowest BCUT2D eigenvalue weighted by Gasteiger charge is -2.15. The fourth-order valence-corrected chi connectivity index (χ4v) is 2.27. The van der Waals surface area contributed by atoms with Gasteiger partial charge in [0.05, 0.1) is 5.92 Å². The number of hydrogen-bond donors (Lipinski definition) is 3.